The molecule has 0 fully saturated rings. The van der Waals surface area contributed by atoms with E-state index >= 15 is 0 Å². The van der Waals surface area contributed by atoms with E-state index in [2.05, 4.69) is 4.47 Å². The SMILES string of the molecule is NN=S1C=CC=C1. The quantitative estimate of drug-likeness (QED) is 0.365. The zero-order valence-corrected chi connectivity index (χ0v) is 4.56. The monoisotopic (exact) mass is 114 g/mol. The fourth-order valence-electron chi connectivity index (χ4n) is 0.367. The standard InChI is InChI=1S/C4H6N2S/c5-6-7-3-1-2-4-7/h1-4H,5H2. The molecule has 2 nitrogen and oxygen atoms in total. The van der Waals surface area contributed by atoms with Gasteiger partial charge >= 0.3 is 0 Å². The topological polar surface area (TPSA) is 38.4 Å². The summed E-state index contributed by atoms with van der Waals surface area (Å²) in [5, 5.41) is 3.92. The molecule has 0 atom stereocenters. The molecule has 0 radical (unpaired) electrons. The van der Waals surface area contributed by atoms with Gasteiger partial charge in [0.2, 0.25) is 0 Å². The van der Waals surface area contributed by atoms with Gasteiger partial charge in [-0.2, -0.15) is 4.47 Å². The number of hydrogen-bond donors (Lipinski definition) is 1. The molecule has 0 saturated heterocycles. The van der Waals surface area contributed by atoms with E-state index in [1.54, 1.807) is 0 Å². The average Bonchev–Trinajstić information content (AvgIpc) is 2.14. The minimum Gasteiger partial charge on any atom is -0.220 e. The third-order valence-electron chi connectivity index (χ3n) is 0.669. The highest BCUT2D eigenvalue weighted by Crippen LogP contribution is 1.98. The van der Waals surface area contributed by atoms with Gasteiger partial charge in [0.05, 0.1) is 0 Å². The second-order valence-electron chi connectivity index (χ2n) is 1.11. The molecule has 1 aliphatic heterocycles. The fourth-order valence-corrected chi connectivity index (χ4v) is 1.10. The van der Waals surface area contributed by atoms with Crippen molar-refractivity contribution in [1.82, 2.24) is 0 Å². The van der Waals surface area contributed by atoms with Crippen molar-refractivity contribution in [2.24, 2.45) is 10.3 Å². The molecule has 0 aromatic rings. The van der Waals surface area contributed by atoms with Crippen LogP contribution < -0.4 is 5.84 Å². The summed E-state index contributed by atoms with van der Waals surface area (Å²) in [4.78, 5) is 0. The lowest BCUT2D eigenvalue weighted by Crippen LogP contribution is -1.81. The molecule has 1 aliphatic rings. The third kappa shape index (κ3) is 0.976. The zero-order valence-electron chi connectivity index (χ0n) is 3.74. The van der Waals surface area contributed by atoms with Crippen molar-refractivity contribution in [3.8, 4) is 0 Å². The minimum atomic E-state index is -0.0926. The predicted octanol–water partition coefficient (Wildman–Crippen LogP) is 0.703. The number of hydrogen-bond acceptors (Lipinski definition) is 1. The third-order valence-corrected chi connectivity index (χ3v) is 1.78. The van der Waals surface area contributed by atoms with Crippen LogP contribution in [0.3, 0.4) is 0 Å². The smallest absolute Gasteiger partial charge is 0.0122 e. The summed E-state index contributed by atoms with van der Waals surface area (Å²) in [5.41, 5.74) is 0. The van der Waals surface area contributed by atoms with Gasteiger partial charge in [0.25, 0.3) is 0 Å². The van der Waals surface area contributed by atoms with Crippen molar-refractivity contribution in [3.63, 3.8) is 0 Å². The van der Waals surface area contributed by atoms with Crippen molar-refractivity contribution in [3.05, 3.63) is 23.0 Å². The van der Waals surface area contributed by atoms with E-state index in [9.17, 15) is 0 Å². The minimum absolute atomic E-state index is 0.0926. The van der Waals surface area contributed by atoms with Crippen LogP contribution in [0.1, 0.15) is 0 Å². The van der Waals surface area contributed by atoms with Gasteiger partial charge < -0.3 is 0 Å². The Labute approximate surface area is 44.8 Å². The summed E-state index contributed by atoms with van der Waals surface area (Å²) in [5.74, 6) is 4.97. The van der Waals surface area contributed by atoms with Crippen LogP contribution >= 0.6 is 0 Å². The summed E-state index contributed by atoms with van der Waals surface area (Å²) in [7, 11) is -0.0926. The number of rotatable bonds is 0. The first-order chi connectivity index (χ1) is 3.43. The van der Waals surface area contributed by atoms with Crippen LogP contribution in [-0.4, -0.2) is 0 Å². The lowest BCUT2D eigenvalue weighted by molar-refractivity contribution is 1.30. The second kappa shape index (κ2) is 2.04. The largest absolute Gasteiger partial charge is 0.220 e. The van der Waals surface area contributed by atoms with Crippen LogP contribution in [0.2, 0.25) is 0 Å². The van der Waals surface area contributed by atoms with Gasteiger partial charge in [-0.15, -0.1) is 0 Å². The molecule has 0 saturated carbocycles. The van der Waals surface area contributed by atoms with Crippen LogP contribution in [-0.2, 0) is 10.7 Å². The van der Waals surface area contributed by atoms with Crippen molar-refractivity contribution in [1.29, 1.82) is 0 Å². The van der Waals surface area contributed by atoms with E-state index in [-0.39, 0.29) is 10.7 Å². The van der Waals surface area contributed by atoms with Crippen LogP contribution in [0, 0.1) is 0 Å². The molecule has 1 rings (SSSR count). The normalized spacial score (nSPS) is 18.4. The molecule has 0 bridgehead atoms. The Balaban J connectivity index is 2.79. The van der Waals surface area contributed by atoms with Crippen LogP contribution in [0.4, 0.5) is 0 Å². The van der Waals surface area contributed by atoms with Crippen molar-refractivity contribution < 1.29 is 0 Å². The van der Waals surface area contributed by atoms with E-state index in [1.807, 2.05) is 23.0 Å². The van der Waals surface area contributed by atoms with Crippen molar-refractivity contribution in [2.45, 2.75) is 0 Å². The summed E-state index contributed by atoms with van der Waals surface area (Å²) < 4.78 is 3.54. The highest BCUT2D eigenvalue weighted by molar-refractivity contribution is 7.93. The van der Waals surface area contributed by atoms with E-state index in [1.165, 1.54) is 0 Å². The van der Waals surface area contributed by atoms with E-state index in [0.29, 0.717) is 0 Å². The molecule has 3 heteroatoms. The summed E-state index contributed by atoms with van der Waals surface area (Å²) in [6.07, 6.45) is 3.89. The zero-order chi connectivity index (χ0) is 5.11. The first-order valence-corrected chi connectivity index (χ1v) is 3.22. The van der Waals surface area contributed by atoms with Gasteiger partial charge in [0.15, 0.2) is 0 Å². The van der Waals surface area contributed by atoms with E-state index < -0.39 is 0 Å². The number of nitrogens with two attached hydrogens (primary N) is 1. The van der Waals surface area contributed by atoms with Gasteiger partial charge in [0.1, 0.15) is 0 Å². The molecule has 0 unspecified atom stereocenters. The molecule has 0 amide bonds. The molecule has 0 aromatic heterocycles. The maximum Gasteiger partial charge on any atom is -0.0122 e. The lowest BCUT2D eigenvalue weighted by Gasteiger charge is -1.79. The van der Waals surface area contributed by atoms with E-state index in [0.717, 1.165) is 0 Å². The Morgan fingerprint density at radius 2 is 1.86 bits per heavy atom. The van der Waals surface area contributed by atoms with Gasteiger partial charge in [0, 0.05) is 0 Å². The Kier molecular flexibility index (Phi) is 1.38. The summed E-state index contributed by atoms with van der Waals surface area (Å²) in [6, 6.07) is 0. The Hall–Kier alpha value is -0.410. The molecule has 0 spiro atoms. The predicted molar refractivity (Wildman–Crippen MR) is 32.3 cm³/mol. The van der Waals surface area contributed by atoms with Gasteiger partial charge in [-0.1, -0.05) is 12.2 Å². The molecular formula is C4H6N2S. The molecule has 0 aromatic carbocycles. The Morgan fingerprint density at radius 3 is 2.14 bits per heavy atom. The van der Waals surface area contributed by atoms with Crippen molar-refractivity contribution >= 4 is 10.7 Å². The Bertz CT molecular complexity index is 132. The highest BCUT2D eigenvalue weighted by atomic mass is 32.2. The molecular weight excluding hydrogens is 108 g/mol. The molecule has 1 heterocycles. The van der Waals surface area contributed by atoms with Crippen molar-refractivity contribution in [2.75, 3.05) is 0 Å². The first kappa shape index (κ1) is 4.74. The first-order valence-electron chi connectivity index (χ1n) is 1.91. The fraction of sp³-hybridized carbons (Fsp3) is 0. The maximum absolute atomic E-state index is 4.97. The van der Waals surface area contributed by atoms with Crippen LogP contribution in [0.5, 0.6) is 0 Å². The lowest BCUT2D eigenvalue weighted by atomic mass is 10.6. The summed E-state index contributed by atoms with van der Waals surface area (Å²) in [6.45, 7) is 0. The molecule has 0 aliphatic carbocycles. The van der Waals surface area contributed by atoms with E-state index in [4.69, 9.17) is 5.84 Å². The number of allylic oxidation sites excluding steroid dienone is 2. The van der Waals surface area contributed by atoms with Gasteiger partial charge in [-0.05, 0) is 21.5 Å². The average molecular weight is 114 g/mol. The Morgan fingerprint density at radius 1 is 1.29 bits per heavy atom. The molecule has 38 valence electrons. The van der Waals surface area contributed by atoms with Crippen LogP contribution in [0.25, 0.3) is 0 Å². The molecule has 7 heavy (non-hydrogen) atoms. The molecule has 2 N–H and O–H groups in total. The maximum atomic E-state index is 4.97. The van der Waals surface area contributed by atoms with Gasteiger partial charge in [-0.25, -0.2) is 5.84 Å². The highest BCUT2D eigenvalue weighted by Gasteiger charge is 1.84. The van der Waals surface area contributed by atoms with Crippen LogP contribution in [0.15, 0.2) is 27.4 Å². The number of nitrogens with zero attached hydrogens (tertiary/aromatic N) is 1. The van der Waals surface area contributed by atoms with Gasteiger partial charge in [-0.3, -0.25) is 0 Å². The summed E-state index contributed by atoms with van der Waals surface area (Å²) >= 11 is 0. The second-order valence-corrected chi connectivity index (χ2v) is 2.56.